The monoisotopic (exact) mass is 335 g/mol. The lowest BCUT2D eigenvalue weighted by atomic mass is 9.95. The molecule has 0 spiro atoms. The fourth-order valence-electron chi connectivity index (χ4n) is 3.38. The Labute approximate surface area is 152 Å². The molecular weight excluding hydrogens is 318 g/mol. The molecule has 0 aliphatic rings. The van der Waals surface area contributed by atoms with Gasteiger partial charge in [0.2, 0.25) is 0 Å². The van der Waals surface area contributed by atoms with Gasteiger partial charge in [-0.1, -0.05) is 72.8 Å². The summed E-state index contributed by atoms with van der Waals surface area (Å²) in [5.74, 6) is 0.761. The Morgan fingerprint density at radius 1 is 0.808 bits per heavy atom. The zero-order valence-electron chi connectivity index (χ0n) is 14.4. The van der Waals surface area contributed by atoms with Crippen LogP contribution in [0.3, 0.4) is 0 Å². The minimum atomic E-state index is 0.622. The molecular formula is C24H17NO. The molecule has 0 aliphatic heterocycles. The van der Waals surface area contributed by atoms with Crippen LogP contribution in [0.15, 0.2) is 78.9 Å². The highest BCUT2D eigenvalue weighted by atomic mass is 16.5. The Balaban J connectivity index is 2.00. The van der Waals surface area contributed by atoms with Crippen LogP contribution in [-0.4, -0.2) is 7.11 Å². The van der Waals surface area contributed by atoms with Crippen molar-refractivity contribution in [2.75, 3.05) is 7.11 Å². The van der Waals surface area contributed by atoms with Gasteiger partial charge in [0.15, 0.2) is 0 Å². The van der Waals surface area contributed by atoms with Gasteiger partial charge in [-0.2, -0.15) is 5.26 Å². The molecule has 0 fully saturated rings. The molecule has 0 bridgehead atoms. The normalized spacial score (nSPS) is 11.5. The van der Waals surface area contributed by atoms with E-state index in [0.29, 0.717) is 5.57 Å². The first-order chi connectivity index (χ1) is 12.8. The average molecular weight is 335 g/mol. The maximum Gasteiger partial charge on any atom is 0.126 e. The van der Waals surface area contributed by atoms with Gasteiger partial charge in [-0.3, -0.25) is 0 Å². The van der Waals surface area contributed by atoms with Crippen LogP contribution in [0.1, 0.15) is 11.1 Å². The van der Waals surface area contributed by atoms with Crippen LogP contribution >= 0.6 is 0 Å². The zero-order valence-corrected chi connectivity index (χ0v) is 14.4. The molecule has 4 rings (SSSR count). The van der Waals surface area contributed by atoms with Gasteiger partial charge in [0, 0.05) is 11.1 Å². The minimum absolute atomic E-state index is 0.622. The Bertz CT molecular complexity index is 1180. The summed E-state index contributed by atoms with van der Waals surface area (Å²) in [4.78, 5) is 0. The van der Waals surface area contributed by atoms with Crippen molar-refractivity contribution in [2.45, 2.75) is 0 Å². The molecule has 124 valence electrons. The number of nitrogens with zero attached hydrogens (tertiary/aromatic N) is 1. The quantitative estimate of drug-likeness (QED) is 0.336. The van der Waals surface area contributed by atoms with Crippen LogP contribution in [0.25, 0.3) is 33.2 Å². The number of allylic oxidation sites excluding steroid dienone is 1. The molecule has 4 aromatic carbocycles. The van der Waals surface area contributed by atoms with E-state index in [1.165, 1.54) is 0 Å². The summed E-state index contributed by atoms with van der Waals surface area (Å²) in [5, 5.41) is 14.3. The summed E-state index contributed by atoms with van der Waals surface area (Å²) < 4.78 is 5.57. The fraction of sp³-hybridized carbons (Fsp3) is 0.0417. The molecule has 0 saturated carbocycles. The minimum Gasteiger partial charge on any atom is -0.496 e. The highest BCUT2D eigenvalue weighted by Crippen LogP contribution is 2.33. The van der Waals surface area contributed by atoms with Gasteiger partial charge in [-0.15, -0.1) is 0 Å². The standard InChI is InChI=1S/C24H17NO/c1-26-24-14-13-18-8-3-5-11-21(18)23(24)15-19(16-25)22-12-6-9-17-7-2-4-10-20(17)22/h2-15H,1H3/b19-15-. The number of fused-ring (bicyclic) bond motifs is 2. The van der Waals surface area contributed by atoms with Crippen molar-refractivity contribution in [3.8, 4) is 11.8 Å². The molecule has 2 heteroatoms. The SMILES string of the molecule is COc1ccc2ccccc2c1/C=C(/C#N)c1cccc2ccccc12. The van der Waals surface area contributed by atoms with Gasteiger partial charge >= 0.3 is 0 Å². The summed E-state index contributed by atoms with van der Waals surface area (Å²) >= 11 is 0. The number of ether oxygens (including phenoxy) is 1. The van der Waals surface area contributed by atoms with Crippen molar-refractivity contribution < 1.29 is 4.74 Å². The van der Waals surface area contributed by atoms with Crippen molar-refractivity contribution in [3.63, 3.8) is 0 Å². The number of hydrogen-bond donors (Lipinski definition) is 0. The predicted molar refractivity (Wildman–Crippen MR) is 108 cm³/mol. The Morgan fingerprint density at radius 2 is 1.46 bits per heavy atom. The second-order valence-corrected chi connectivity index (χ2v) is 6.10. The van der Waals surface area contributed by atoms with Crippen molar-refractivity contribution in [3.05, 3.63) is 90.0 Å². The van der Waals surface area contributed by atoms with Crippen molar-refractivity contribution in [1.29, 1.82) is 5.26 Å². The molecule has 0 N–H and O–H groups in total. The molecule has 0 unspecified atom stereocenters. The van der Waals surface area contributed by atoms with Crippen LogP contribution in [0.4, 0.5) is 0 Å². The number of benzene rings is 4. The first-order valence-electron chi connectivity index (χ1n) is 8.47. The lowest BCUT2D eigenvalue weighted by Gasteiger charge is -2.11. The average Bonchev–Trinajstić information content (AvgIpc) is 2.71. The fourth-order valence-corrected chi connectivity index (χ4v) is 3.38. The van der Waals surface area contributed by atoms with Gasteiger partial charge in [0.1, 0.15) is 5.75 Å². The van der Waals surface area contributed by atoms with E-state index in [1.807, 2.05) is 54.6 Å². The summed E-state index contributed by atoms with van der Waals surface area (Å²) in [6.07, 6.45) is 1.93. The number of nitriles is 1. The zero-order chi connectivity index (χ0) is 17.9. The lowest BCUT2D eigenvalue weighted by molar-refractivity contribution is 0.414. The van der Waals surface area contributed by atoms with Crippen LogP contribution < -0.4 is 4.74 Å². The molecule has 0 heterocycles. The highest BCUT2D eigenvalue weighted by molar-refractivity contribution is 6.05. The first kappa shape index (κ1) is 15.9. The molecule has 0 radical (unpaired) electrons. The van der Waals surface area contributed by atoms with Gasteiger partial charge in [-0.25, -0.2) is 0 Å². The third-order valence-electron chi connectivity index (χ3n) is 4.64. The largest absolute Gasteiger partial charge is 0.496 e. The maximum atomic E-state index is 9.88. The van der Waals surface area contributed by atoms with Crippen LogP contribution in [-0.2, 0) is 0 Å². The molecule has 0 aliphatic carbocycles. The second kappa shape index (κ2) is 6.74. The molecule has 2 nitrogen and oxygen atoms in total. The lowest BCUT2D eigenvalue weighted by Crippen LogP contribution is -1.91. The summed E-state index contributed by atoms with van der Waals surface area (Å²) in [6, 6.07) is 28.7. The number of methoxy groups -OCH3 is 1. The van der Waals surface area contributed by atoms with E-state index in [0.717, 1.165) is 38.4 Å². The van der Waals surface area contributed by atoms with Gasteiger partial charge in [-0.05, 0) is 33.7 Å². The number of rotatable bonds is 3. The van der Waals surface area contributed by atoms with Gasteiger partial charge in [0.25, 0.3) is 0 Å². The molecule has 0 aromatic heterocycles. The first-order valence-corrected chi connectivity index (χ1v) is 8.47. The molecule has 4 aromatic rings. The second-order valence-electron chi connectivity index (χ2n) is 6.10. The van der Waals surface area contributed by atoms with E-state index in [-0.39, 0.29) is 0 Å². The summed E-state index contributed by atoms with van der Waals surface area (Å²) in [5.41, 5.74) is 2.48. The Kier molecular flexibility index (Phi) is 4.13. The topological polar surface area (TPSA) is 33.0 Å². The van der Waals surface area contributed by atoms with E-state index >= 15 is 0 Å². The third kappa shape index (κ3) is 2.70. The predicted octanol–water partition coefficient (Wildman–Crippen LogP) is 6.07. The van der Waals surface area contributed by atoms with Crippen LogP contribution in [0, 0.1) is 11.3 Å². The molecule has 0 saturated heterocycles. The van der Waals surface area contributed by atoms with Crippen LogP contribution in [0.5, 0.6) is 5.75 Å². The van der Waals surface area contributed by atoms with Crippen molar-refractivity contribution >= 4 is 33.2 Å². The number of hydrogen-bond acceptors (Lipinski definition) is 2. The van der Waals surface area contributed by atoms with E-state index in [2.05, 4.69) is 36.4 Å². The van der Waals surface area contributed by atoms with E-state index in [4.69, 9.17) is 4.74 Å². The molecule has 26 heavy (non-hydrogen) atoms. The molecule has 0 atom stereocenters. The van der Waals surface area contributed by atoms with E-state index < -0.39 is 0 Å². The van der Waals surface area contributed by atoms with E-state index in [9.17, 15) is 5.26 Å². The van der Waals surface area contributed by atoms with Gasteiger partial charge in [0.05, 0.1) is 18.8 Å². The summed E-state index contributed by atoms with van der Waals surface area (Å²) in [6.45, 7) is 0. The smallest absolute Gasteiger partial charge is 0.126 e. The van der Waals surface area contributed by atoms with E-state index in [1.54, 1.807) is 7.11 Å². The van der Waals surface area contributed by atoms with Crippen molar-refractivity contribution in [1.82, 2.24) is 0 Å². The highest BCUT2D eigenvalue weighted by Gasteiger charge is 2.10. The Morgan fingerprint density at radius 3 is 2.19 bits per heavy atom. The molecule has 0 amide bonds. The Hall–Kier alpha value is -3.57. The van der Waals surface area contributed by atoms with Crippen LogP contribution in [0.2, 0.25) is 0 Å². The van der Waals surface area contributed by atoms with Crippen molar-refractivity contribution in [2.24, 2.45) is 0 Å². The summed E-state index contributed by atoms with van der Waals surface area (Å²) in [7, 11) is 1.66. The third-order valence-corrected chi connectivity index (χ3v) is 4.64. The van der Waals surface area contributed by atoms with Gasteiger partial charge < -0.3 is 4.74 Å². The maximum absolute atomic E-state index is 9.88.